The molecule has 0 radical (unpaired) electrons. The van der Waals surface area contributed by atoms with Gasteiger partial charge in [-0.1, -0.05) is 0 Å². The number of hydrogen-bond acceptors (Lipinski definition) is 5. The number of alkyl halides is 3. The van der Waals surface area contributed by atoms with Crippen molar-refractivity contribution in [3.8, 4) is 11.5 Å². The first-order valence-corrected chi connectivity index (χ1v) is 7.81. The molecule has 6 nitrogen and oxygen atoms in total. The van der Waals surface area contributed by atoms with Crippen LogP contribution in [0.3, 0.4) is 0 Å². The highest BCUT2D eigenvalue weighted by Gasteiger charge is 2.40. The SMILES string of the molecule is COc1ccc(CN(CC(O)C(F)(F)F)C(=O)OC(C)(C)C)c(OC)c1. The first kappa shape index (κ1) is 21.9. The molecule has 148 valence electrons. The lowest BCUT2D eigenvalue weighted by atomic mass is 10.1. The fourth-order valence-corrected chi connectivity index (χ4v) is 2.03. The minimum Gasteiger partial charge on any atom is -0.497 e. The van der Waals surface area contributed by atoms with Crippen LogP contribution >= 0.6 is 0 Å². The van der Waals surface area contributed by atoms with Crippen LogP contribution in [-0.2, 0) is 11.3 Å². The minimum atomic E-state index is -4.86. The van der Waals surface area contributed by atoms with Crippen LogP contribution in [0.2, 0.25) is 0 Å². The number of aliphatic hydroxyl groups excluding tert-OH is 1. The molecule has 0 saturated carbocycles. The summed E-state index contributed by atoms with van der Waals surface area (Å²) in [4.78, 5) is 13.1. The number of rotatable bonds is 6. The van der Waals surface area contributed by atoms with E-state index in [2.05, 4.69) is 0 Å². The van der Waals surface area contributed by atoms with Gasteiger partial charge in [0.05, 0.1) is 27.3 Å². The van der Waals surface area contributed by atoms with Gasteiger partial charge in [0.15, 0.2) is 6.10 Å². The molecule has 0 fully saturated rings. The van der Waals surface area contributed by atoms with Crippen molar-refractivity contribution in [3.05, 3.63) is 23.8 Å². The summed E-state index contributed by atoms with van der Waals surface area (Å²) < 4.78 is 53.6. The van der Waals surface area contributed by atoms with Crippen molar-refractivity contribution < 1.29 is 37.3 Å². The predicted molar refractivity (Wildman–Crippen MR) is 88.3 cm³/mol. The molecule has 1 amide bonds. The third-order valence-electron chi connectivity index (χ3n) is 3.28. The van der Waals surface area contributed by atoms with Gasteiger partial charge in [0.1, 0.15) is 17.1 Å². The normalized spacial score (nSPS) is 13.1. The number of amides is 1. The first-order valence-electron chi connectivity index (χ1n) is 7.81. The van der Waals surface area contributed by atoms with E-state index < -0.39 is 30.5 Å². The Morgan fingerprint density at radius 1 is 1.19 bits per heavy atom. The van der Waals surface area contributed by atoms with Gasteiger partial charge in [-0.3, -0.25) is 0 Å². The number of nitrogens with zero attached hydrogens (tertiary/aromatic N) is 1. The molecule has 0 spiro atoms. The number of benzene rings is 1. The van der Waals surface area contributed by atoms with Gasteiger partial charge in [0.2, 0.25) is 0 Å². The molecule has 0 bridgehead atoms. The van der Waals surface area contributed by atoms with Crippen LogP contribution in [0.15, 0.2) is 18.2 Å². The van der Waals surface area contributed by atoms with Crippen LogP contribution < -0.4 is 9.47 Å². The topological polar surface area (TPSA) is 68.2 Å². The maximum absolute atomic E-state index is 12.7. The van der Waals surface area contributed by atoms with E-state index in [4.69, 9.17) is 14.2 Å². The summed E-state index contributed by atoms with van der Waals surface area (Å²) in [6.07, 6.45) is -8.53. The fraction of sp³-hybridized carbons (Fsp3) is 0.588. The van der Waals surface area contributed by atoms with Gasteiger partial charge >= 0.3 is 12.3 Å². The molecule has 0 saturated heterocycles. The molecular formula is C17H24F3NO5. The van der Waals surface area contributed by atoms with Crippen molar-refractivity contribution in [2.45, 2.75) is 45.2 Å². The van der Waals surface area contributed by atoms with E-state index in [-0.39, 0.29) is 6.54 Å². The number of aliphatic hydroxyl groups is 1. The van der Waals surface area contributed by atoms with E-state index in [0.717, 1.165) is 4.90 Å². The highest BCUT2D eigenvalue weighted by atomic mass is 19.4. The number of methoxy groups -OCH3 is 2. The quantitative estimate of drug-likeness (QED) is 0.821. The van der Waals surface area contributed by atoms with Gasteiger partial charge in [-0.25, -0.2) is 4.79 Å². The van der Waals surface area contributed by atoms with Gasteiger partial charge in [0, 0.05) is 11.6 Å². The van der Waals surface area contributed by atoms with Gasteiger partial charge in [-0.15, -0.1) is 0 Å². The molecule has 1 aromatic carbocycles. The van der Waals surface area contributed by atoms with Crippen LogP contribution in [0.4, 0.5) is 18.0 Å². The van der Waals surface area contributed by atoms with Gasteiger partial charge in [0.25, 0.3) is 0 Å². The molecule has 1 unspecified atom stereocenters. The Hall–Kier alpha value is -2.16. The van der Waals surface area contributed by atoms with Crippen LogP contribution in [-0.4, -0.2) is 54.7 Å². The summed E-state index contributed by atoms with van der Waals surface area (Å²) in [5.74, 6) is 0.823. The van der Waals surface area contributed by atoms with Crippen molar-refractivity contribution in [1.29, 1.82) is 0 Å². The van der Waals surface area contributed by atoms with Crippen molar-refractivity contribution in [3.63, 3.8) is 0 Å². The number of ether oxygens (including phenoxy) is 3. The molecule has 1 atom stereocenters. The summed E-state index contributed by atoms with van der Waals surface area (Å²) >= 11 is 0. The lowest BCUT2D eigenvalue weighted by Gasteiger charge is -2.29. The van der Waals surface area contributed by atoms with E-state index in [0.29, 0.717) is 17.1 Å². The molecule has 9 heteroatoms. The van der Waals surface area contributed by atoms with Crippen molar-refractivity contribution in [2.75, 3.05) is 20.8 Å². The van der Waals surface area contributed by atoms with Crippen molar-refractivity contribution in [2.24, 2.45) is 0 Å². The van der Waals surface area contributed by atoms with Crippen LogP contribution in [0, 0.1) is 0 Å². The predicted octanol–water partition coefficient (Wildman–Crippen LogP) is 3.36. The molecule has 0 heterocycles. The number of carbonyl (C=O) groups is 1. The number of carbonyl (C=O) groups excluding carboxylic acids is 1. The fourth-order valence-electron chi connectivity index (χ4n) is 2.03. The number of halogens is 3. The molecule has 0 aliphatic rings. The third-order valence-corrected chi connectivity index (χ3v) is 3.28. The Morgan fingerprint density at radius 3 is 2.27 bits per heavy atom. The summed E-state index contributed by atoms with van der Waals surface area (Å²) in [7, 11) is 2.85. The average Bonchev–Trinajstić information content (AvgIpc) is 2.51. The summed E-state index contributed by atoms with van der Waals surface area (Å²) in [6.45, 7) is 3.58. The molecule has 0 aliphatic carbocycles. The van der Waals surface area contributed by atoms with Gasteiger partial charge in [-0.2, -0.15) is 13.2 Å². The van der Waals surface area contributed by atoms with Crippen LogP contribution in [0.1, 0.15) is 26.3 Å². The summed E-state index contributed by atoms with van der Waals surface area (Å²) in [6, 6.07) is 4.70. The molecular weight excluding hydrogens is 355 g/mol. The minimum absolute atomic E-state index is 0.241. The Balaban J connectivity index is 3.10. The van der Waals surface area contributed by atoms with Crippen molar-refractivity contribution in [1.82, 2.24) is 4.90 Å². The average molecular weight is 379 g/mol. The van der Waals surface area contributed by atoms with Crippen molar-refractivity contribution >= 4 is 6.09 Å². The zero-order valence-electron chi connectivity index (χ0n) is 15.4. The molecule has 1 aromatic rings. The van der Waals surface area contributed by atoms with Crippen LogP contribution in [0.5, 0.6) is 11.5 Å². The summed E-state index contributed by atoms with van der Waals surface area (Å²) in [5.41, 5.74) is -0.462. The molecule has 1 rings (SSSR count). The molecule has 0 aromatic heterocycles. The van der Waals surface area contributed by atoms with E-state index in [1.807, 2.05) is 0 Å². The Kier molecular flexibility index (Phi) is 7.14. The first-order chi connectivity index (χ1) is 11.9. The van der Waals surface area contributed by atoms with Gasteiger partial charge < -0.3 is 24.2 Å². The highest BCUT2D eigenvalue weighted by molar-refractivity contribution is 5.68. The number of hydrogen-bond donors (Lipinski definition) is 1. The van der Waals surface area contributed by atoms with E-state index in [1.54, 1.807) is 39.0 Å². The van der Waals surface area contributed by atoms with E-state index >= 15 is 0 Å². The zero-order valence-corrected chi connectivity index (χ0v) is 15.4. The second kappa shape index (κ2) is 8.48. The van der Waals surface area contributed by atoms with E-state index in [1.165, 1.54) is 14.2 Å². The maximum atomic E-state index is 12.7. The van der Waals surface area contributed by atoms with Crippen LogP contribution in [0.25, 0.3) is 0 Å². The lowest BCUT2D eigenvalue weighted by molar-refractivity contribution is -0.207. The Bertz CT molecular complexity index is 613. The monoisotopic (exact) mass is 379 g/mol. The molecule has 1 N–H and O–H groups in total. The third kappa shape index (κ3) is 6.62. The second-order valence-electron chi connectivity index (χ2n) is 6.60. The highest BCUT2D eigenvalue weighted by Crippen LogP contribution is 2.27. The Morgan fingerprint density at radius 2 is 1.81 bits per heavy atom. The maximum Gasteiger partial charge on any atom is 0.416 e. The second-order valence-corrected chi connectivity index (χ2v) is 6.60. The standard InChI is InChI=1S/C17H24F3NO5/c1-16(2,3)26-15(23)21(10-14(22)17(18,19)20)9-11-6-7-12(24-4)8-13(11)25-5/h6-8,14,22H,9-10H2,1-5H3. The molecule has 0 aliphatic heterocycles. The lowest BCUT2D eigenvalue weighted by Crippen LogP contribution is -2.45. The summed E-state index contributed by atoms with van der Waals surface area (Å²) in [5, 5.41) is 9.36. The largest absolute Gasteiger partial charge is 0.497 e. The zero-order chi connectivity index (χ0) is 20.1. The van der Waals surface area contributed by atoms with E-state index in [9.17, 15) is 23.1 Å². The molecule has 26 heavy (non-hydrogen) atoms. The van der Waals surface area contributed by atoms with Gasteiger partial charge in [-0.05, 0) is 32.9 Å². The Labute approximate surface area is 150 Å². The smallest absolute Gasteiger partial charge is 0.416 e.